The van der Waals surface area contributed by atoms with E-state index < -0.39 is 0 Å². The summed E-state index contributed by atoms with van der Waals surface area (Å²) in [6, 6.07) is 24.8. The van der Waals surface area contributed by atoms with Crippen LogP contribution in [0.2, 0.25) is 0 Å². The Labute approximate surface area is 192 Å². The number of benzene rings is 3. The van der Waals surface area contributed by atoms with Crippen molar-refractivity contribution >= 4 is 34.2 Å². The van der Waals surface area contributed by atoms with E-state index in [0.29, 0.717) is 25.9 Å². The highest BCUT2D eigenvalue weighted by Crippen LogP contribution is 2.27. The maximum atomic E-state index is 13.1. The Bertz CT molecular complexity index is 1320. The molecule has 0 radical (unpaired) electrons. The molecule has 1 aliphatic rings. The fraction of sp³-hybridized carbons (Fsp3) is 0.148. The molecule has 33 heavy (non-hydrogen) atoms. The zero-order valence-electron chi connectivity index (χ0n) is 18.1. The first-order valence-electron chi connectivity index (χ1n) is 11.0. The molecule has 0 saturated heterocycles. The summed E-state index contributed by atoms with van der Waals surface area (Å²) >= 11 is 0. The highest BCUT2D eigenvalue weighted by molar-refractivity contribution is 6.00. The van der Waals surface area contributed by atoms with Crippen LogP contribution >= 0.6 is 0 Å². The molecule has 6 nitrogen and oxygen atoms in total. The number of para-hydroxylation sites is 2. The van der Waals surface area contributed by atoms with E-state index in [1.807, 2.05) is 83.8 Å². The van der Waals surface area contributed by atoms with Crippen molar-refractivity contribution in [2.45, 2.75) is 19.4 Å². The minimum absolute atomic E-state index is 0.0824. The van der Waals surface area contributed by atoms with Crippen molar-refractivity contribution in [1.82, 2.24) is 9.88 Å². The number of carbonyl (C=O) groups excluding carboxylic acids is 2. The van der Waals surface area contributed by atoms with Gasteiger partial charge >= 0.3 is 6.03 Å². The monoisotopic (exact) mass is 436 g/mol. The molecule has 6 heteroatoms. The average Bonchev–Trinajstić information content (AvgIpc) is 2.85. The van der Waals surface area contributed by atoms with Crippen LogP contribution in [0.3, 0.4) is 0 Å². The Morgan fingerprint density at radius 1 is 0.879 bits per heavy atom. The van der Waals surface area contributed by atoms with Crippen LogP contribution in [0.25, 0.3) is 10.9 Å². The maximum Gasteiger partial charge on any atom is 0.323 e. The second kappa shape index (κ2) is 9.12. The van der Waals surface area contributed by atoms with Crippen molar-refractivity contribution in [2.24, 2.45) is 0 Å². The summed E-state index contributed by atoms with van der Waals surface area (Å²) in [6.07, 6.45) is 2.77. The summed E-state index contributed by atoms with van der Waals surface area (Å²) in [5, 5.41) is 6.84. The molecule has 0 fully saturated rings. The van der Waals surface area contributed by atoms with Gasteiger partial charge in [0.25, 0.3) is 0 Å². The third-order valence-electron chi connectivity index (χ3n) is 5.96. The van der Waals surface area contributed by atoms with Gasteiger partial charge in [-0.3, -0.25) is 9.78 Å². The van der Waals surface area contributed by atoms with E-state index in [-0.39, 0.29) is 11.9 Å². The van der Waals surface area contributed by atoms with Gasteiger partial charge in [-0.15, -0.1) is 0 Å². The molecule has 2 N–H and O–H groups in total. The second-order valence-corrected chi connectivity index (χ2v) is 8.12. The number of pyridine rings is 1. The minimum atomic E-state index is -0.281. The molecule has 0 atom stereocenters. The van der Waals surface area contributed by atoms with E-state index in [1.54, 1.807) is 6.20 Å². The molecule has 0 spiro atoms. The number of nitrogens with zero attached hydrogens (tertiary/aromatic N) is 2. The second-order valence-electron chi connectivity index (χ2n) is 8.12. The Morgan fingerprint density at radius 2 is 1.70 bits per heavy atom. The van der Waals surface area contributed by atoms with Crippen molar-refractivity contribution in [3.63, 3.8) is 0 Å². The quantitative estimate of drug-likeness (QED) is 0.472. The Morgan fingerprint density at radius 3 is 2.58 bits per heavy atom. The van der Waals surface area contributed by atoms with Crippen LogP contribution in [-0.2, 0) is 24.2 Å². The number of aromatic nitrogens is 1. The standard InChI is InChI=1S/C27H24N4O2/c32-25(17-20-8-4-7-19-10-6-15-28-26(19)20)31-16-14-23-21(18-31)9-5-13-24(23)30-27(33)29-22-11-2-1-3-12-22/h1-13,15H,14,16-18H2,(H2,29,30,33). The highest BCUT2D eigenvalue weighted by Gasteiger charge is 2.23. The van der Waals surface area contributed by atoms with Crippen LogP contribution in [0.4, 0.5) is 16.2 Å². The molecule has 0 aliphatic carbocycles. The van der Waals surface area contributed by atoms with Crippen LogP contribution < -0.4 is 10.6 Å². The van der Waals surface area contributed by atoms with Gasteiger partial charge in [-0.05, 0) is 47.4 Å². The lowest BCUT2D eigenvalue weighted by atomic mass is 9.97. The van der Waals surface area contributed by atoms with Gasteiger partial charge in [0.2, 0.25) is 5.91 Å². The molecule has 0 unspecified atom stereocenters. The van der Waals surface area contributed by atoms with Gasteiger partial charge in [0.15, 0.2) is 0 Å². The topological polar surface area (TPSA) is 74.3 Å². The molecule has 5 rings (SSSR count). The van der Waals surface area contributed by atoms with Gasteiger partial charge in [-0.2, -0.15) is 0 Å². The van der Waals surface area contributed by atoms with Crippen molar-refractivity contribution < 1.29 is 9.59 Å². The van der Waals surface area contributed by atoms with Crippen LogP contribution in [-0.4, -0.2) is 28.4 Å². The summed E-state index contributed by atoms with van der Waals surface area (Å²) in [6.45, 7) is 1.14. The summed E-state index contributed by atoms with van der Waals surface area (Å²) in [5.41, 5.74) is 5.48. The van der Waals surface area contributed by atoms with Crippen molar-refractivity contribution in [1.29, 1.82) is 0 Å². The summed E-state index contributed by atoms with van der Waals surface area (Å²) in [4.78, 5) is 31.9. The van der Waals surface area contributed by atoms with Gasteiger partial charge < -0.3 is 15.5 Å². The van der Waals surface area contributed by atoms with E-state index in [2.05, 4.69) is 15.6 Å². The van der Waals surface area contributed by atoms with E-state index >= 15 is 0 Å². The number of urea groups is 1. The smallest absolute Gasteiger partial charge is 0.323 e. The first kappa shape index (κ1) is 20.7. The maximum absolute atomic E-state index is 13.1. The molecule has 2 heterocycles. The lowest BCUT2D eigenvalue weighted by Gasteiger charge is -2.30. The highest BCUT2D eigenvalue weighted by atomic mass is 16.2. The van der Waals surface area contributed by atoms with E-state index in [4.69, 9.17) is 0 Å². The van der Waals surface area contributed by atoms with Gasteiger partial charge in [-0.25, -0.2) is 4.79 Å². The predicted octanol–water partition coefficient (Wildman–Crippen LogP) is 5.01. The lowest BCUT2D eigenvalue weighted by Crippen LogP contribution is -2.37. The number of anilines is 2. The van der Waals surface area contributed by atoms with Gasteiger partial charge in [-0.1, -0.05) is 54.6 Å². The number of hydrogen-bond donors (Lipinski definition) is 2. The van der Waals surface area contributed by atoms with Crippen molar-refractivity contribution in [3.05, 3.63) is 102 Å². The Kier molecular flexibility index (Phi) is 5.72. The number of nitrogens with one attached hydrogen (secondary N) is 2. The summed E-state index contributed by atoms with van der Waals surface area (Å²) < 4.78 is 0. The third-order valence-corrected chi connectivity index (χ3v) is 5.96. The molecule has 3 amide bonds. The Balaban J connectivity index is 1.28. The molecule has 1 aliphatic heterocycles. The number of amides is 3. The molecule has 0 saturated carbocycles. The molecule has 3 aromatic carbocycles. The van der Waals surface area contributed by atoms with Crippen LogP contribution in [0, 0.1) is 0 Å². The fourth-order valence-corrected chi connectivity index (χ4v) is 4.33. The first-order chi connectivity index (χ1) is 16.2. The fourth-order valence-electron chi connectivity index (χ4n) is 4.33. The van der Waals surface area contributed by atoms with Gasteiger partial charge in [0.05, 0.1) is 11.9 Å². The molecule has 4 aromatic rings. The van der Waals surface area contributed by atoms with Crippen LogP contribution in [0.5, 0.6) is 0 Å². The van der Waals surface area contributed by atoms with Crippen molar-refractivity contribution in [2.75, 3.05) is 17.2 Å². The van der Waals surface area contributed by atoms with Crippen LogP contribution in [0.1, 0.15) is 16.7 Å². The lowest BCUT2D eigenvalue weighted by molar-refractivity contribution is -0.131. The third kappa shape index (κ3) is 4.55. The number of fused-ring (bicyclic) bond motifs is 2. The largest absolute Gasteiger partial charge is 0.338 e. The molecular weight excluding hydrogens is 412 g/mol. The number of carbonyl (C=O) groups is 2. The number of hydrogen-bond acceptors (Lipinski definition) is 3. The van der Waals surface area contributed by atoms with Crippen LogP contribution in [0.15, 0.2) is 85.1 Å². The van der Waals surface area contributed by atoms with Gasteiger partial charge in [0, 0.05) is 36.0 Å². The Hall–Kier alpha value is -4.19. The van der Waals surface area contributed by atoms with Gasteiger partial charge in [0.1, 0.15) is 0 Å². The molecular formula is C27H24N4O2. The number of rotatable bonds is 4. The molecule has 0 bridgehead atoms. The summed E-state index contributed by atoms with van der Waals surface area (Å²) in [5.74, 6) is 0.0824. The average molecular weight is 437 g/mol. The minimum Gasteiger partial charge on any atom is -0.338 e. The SMILES string of the molecule is O=C(Nc1ccccc1)Nc1cccc2c1CCN(C(=O)Cc1cccc3cccnc13)C2. The van der Waals surface area contributed by atoms with E-state index in [9.17, 15) is 9.59 Å². The zero-order chi connectivity index (χ0) is 22.6. The van der Waals surface area contributed by atoms with E-state index in [1.165, 1.54) is 0 Å². The zero-order valence-corrected chi connectivity index (χ0v) is 18.1. The molecule has 164 valence electrons. The predicted molar refractivity (Wildman–Crippen MR) is 130 cm³/mol. The van der Waals surface area contributed by atoms with Crippen molar-refractivity contribution in [3.8, 4) is 0 Å². The molecule has 1 aromatic heterocycles. The van der Waals surface area contributed by atoms with E-state index in [0.717, 1.165) is 39.0 Å². The summed E-state index contributed by atoms with van der Waals surface area (Å²) in [7, 11) is 0. The first-order valence-corrected chi connectivity index (χ1v) is 11.0. The normalized spacial score (nSPS) is 12.8.